The molecule has 1 amide bonds. The summed E-state index contributed by atoms with van der Waals surface area (Å²) in [5.41, 5.74) is 0.457. The van der Waals surface area contributed by atoms with Gasteiger partial charge in [0.2, 0.25) is 5.91 Å². The smallest absolute Gasteiger partial charge is 0.297 e. The largest absolute Gasteiger partial charge is 0.360 e. The first-order valence-electron chi connectivity index (χ1n) is 9.39. The highest BCUT2D eigenvalue weighted by molar-refractivity contribution is 5.82. The Hall–Kier alpha value is -2.22. The maximum atomic E-state index is 12.4. The van der Waals surface area contributed by atoms with Crippen LogP contribution >= 0.6 is 0 Å². The fraction of sp³-hybridized carbons (Fsp3) is 0.667. The number of aryl methyl sites for hydroxylation is 2. The van der Waals surface area contributed by atoms with E-state index in [0.717, 1.165) is 30.7 Å². The molecule has 3 rings (SSSR count). The molecule has 0 spiro atoms. The predicted octanol–water partition coefficient (Wildman–Crippen LogP) is 1.38. The zero-order valence-corrected chi connectivity index (χ0v) is 15.6. The third-order valence-electron chi connectivity index (χ3n) is 4.90. The van der Waals surface area contributed by atoms with Gasteiger partial charge in [-0.3, -0.25) is 9.59 Å². The Kier molecular flexibility index (Phi) is 6.03. The van der Waals surface area contributed by atoms with Crippen LogP contribution in [0.25, 0.3) is 10.9 Å². The number of hydrogen-bond acceptors (Lipinski definition) is 6. The molecule has 2 aromatic rings. The van der Waals surface area contributed by atoms with Crippen LogP contribution in [0.1, 0.15) is 43.6 Å². The van der Waals surface area contributed by atoms with Gasteiger partial charge >= 0.3 is 0 Å². The van der Waals surface area contributed by atoms with E-state index in [1.807, 2.05) is 0 Å². The van der Waals surface area contributed by atoms with Crippen molar-refractivity contribution in [3.63, 3.8) is 0 Å². The van der Waals surface area contributed by atoms with Gasteiger partial charge in [0.1, 0.15) is 12.3 Å². The van der Waals surface area contributed by atoms with E-state index in [-0.39, 0.29) is 18.0 Å². The molecule has 0 aliphatic carbocycles. The SMILES string of the molecule is Cc1nn(CC(=O)NCCCN2CCCCCC2)c(=O)c2noc(C)c12. The zero-order valence-electron chi connectivity index (χ0n) is 15.6. The summed E-state index contributed by atoms with van der Waals surface area (Å²) in [5, 5.41) is 11.5. The van der Waals surface area contributed by atoms with Crippen LogP contribution < -0.4 is 10.9 Å². The van der Waals surface area contributed by atoms with Gasteiger partial charge in [0, 0.05) is 6.54 Å². The first-order valence-corrected chi connectivity index (χ1v) is 9.39. The van der Waals surface area contributed by atoms with E-state index in [9.17, 15) is 9.59 Å². The molecule has 1 fully saturated rings. The lowest BCUT2D eigenvalue weighted by Crippen LogP contribution is -2.35. The van der Waals surface area contributed by atoms with Crippen LogP contribution in [0.3, 0.4) is 0 Å². The van der Waals surface area contributed by atoms with Crippen molar-refractivity contribution in [2.24, 2.45) is 0 Å². The molecule has 1 aliphatic heterocycles. The monoisotopic (exact) mass is 361 g/mol. The van der Waals surface area contributed by atoms with Gasteiger partial charge in [0.15, 0.2) is 5.52 Å². The number of nitrogens with one attached hydrogen (secondary N) is 1. The number of aromatic nitrogens is 3. The van der Waals surface area contributed by atoms with Gasteiger partial charge in [0.05, 0.1) is 11.1 Å². The molecule has 3 heterocycles. The van der Waals surface area contributed by atoms with E-state index >= 15 is 0 Å². The molecule has 2 aromatic heterocycles. The van der Waals surface area contributed by atoms with Crippen molar-refractivity contribution in [2.75, 3.05) is 26.2 Å². The summed E-state index contributed by atoms with van der Waals surface area (Å²) < 4.78 is 6.23. The Labute approximate surface area is 152 Å². The third-order valence-corrected chi connectivity index (χ3v) is 4.90. The lowest BCUT2D eigenvalue weighted by molar-refractivity contribution is -0.121. The van der Waals surface area contributed by atoms with Crippen LogP contribution in [-0.4, -0.2) is 51.9 Å². The van der Waals surface area contributed by atoms with Crippen LogP contribution in [-0.2, 0) is 11.3 Å². The molecule has 1 saturated heterocycles. The summed E-state index contributed by atoms with van der Waals surface area (Å²) in [5.74, 6) is 0.349. The van der Waals surface area contributed by atoms with E-state index in [4.69, 9.17) is 4.52 Å². The number of nitrogens with zero attached hydrogens (tertiary/aromatic N) is 4. The fourth-order valence-electron chi connectivity index (χ4n) is 3.53. The second-order valence-corrected chi connectivity index (χ2v) is 6.97. The molecule has 0 aromatic carbocycles. The lowest BCUT2D eigenvalue weighted by atomic mass is 10.2. The zero-order chi connectivity index (χ0) is 18.5. The highest BCUT2D eigenvalue weighted by atomic mass is 16.5. The van der Waals surface area contributed by atoms with Crippen molar-refractivity contribution in [1.82, 2.24) is 25.2 Å². The molecule has 8 nitrogen and oxygen atoms in total. The Morgan fingerprint density at radius 1 is 1.19 bits per heavy atom. The summed E-state index contributed by atoms with van der Waals surface area (Å²) in [7, 11) is 0. The lowest BCUT2D eigenvalue weighted by Gasteiger charge is -2.19. The summed E-state index contributed by atoms with van der Waals surface area (Å²) in [6, 6.07) is 0. The molecule has 0 saturated carbocycles. The van der Waals surface area contributed by atoms with Gasteiger partial charge in [0.25, 0.3) is 5.56 Å². The molecule has 26 heavy (non-hydrogen) atoms. The standard InChI is InChI=1S/C18H27N5O3/c1-13-16-14(2)26-21-17(16)18(25)23(20-13)12-15(24)19-8-7-11-22-9-5-3-4-6-10-22/h3-12H2,1-2H3,(H,19,24). The van der Waals surface area contributed by atoms with Gasteiger partial charge in [-0.15, -0.1) is 0 Å². The number of carbonyl (C=O) groups is 1. The first kappa shape index (κ1) is 18.6. The molecule has 1 N–H and O–H groups in total. The number of hydrogen-bond donors (Lipinski definition) is 1. The van der Waals surface area contributed by atoms with E-state index in [1.54, 1.807) is 13.8 Å². The Bertz CT molecular complexity index is 818. The minimum Gasteiger partial charge on any atom is -0.360 e. The van der Waals surface area contributed by atoms with Crippen molar-refractivity contribution in [3.8, 4) is 0 Å². The molecule has 0 radical (unpaired) electrons. The average Bonchev–Trinajstić information content (AvgIpc) is 2.83. The molecular formula is C18H27N5O3. The normalized spacial score (nSPS) is 15.9. The molecule has 142 valence electrons. The van der Waals surface area contributed by atoms with E-state index in [0.29, 0.717) is 23.4 Å². The van der Waals surface area contributed by atoms with Crippen LogP contribution in [0, 0.1) is 13.8 Å². The van der Waals surface area contributed by atoms with Crippen molar-refractivity contribution >= 4 is 16.8 Å². The van der Waals surface area contributed by atoms with Crippen LogP contribution in [0.15, 0.2) is 9.32 Å². The Morgan fingerprint density at radius 2 is 1.92 bits per heavy atom. The van der Waals surface area contributed by atoms with Crippen molar-refractivity contribution in [3.05, 3.63) is 21.8 Å². The molecule has 8 heteroatoms. The van der Waals surface area contributed by atoms with Gasteiger partial charge in [-0.25, -0.2) is 4.68 Å². The maximum absolute atomic E-state index is 12.4. The summed E-state index contributed by atoms with van der Waals surface area (Å²) in [6.45, 7) is 7.33. The van der Waals surface area contributed by atoms with Gasteiger partial charge < -0.3 is 14.7 Å². The topological polar surface area (TPSA) is 93.3 Å². The van der Waals surface area contributed by atoms with Crippen molar-refractivity contribution in [1.29, 1.82) is 0 Å². The second-order valence-electron chi connectivity index (χ2n) is 6.97. The van der Waals surface area contributed by atoms with Gasteiger partial charge in [-0.05, 0) is 52.7 Å². The van der Waals surface area contributed by atoms with Crippen molar-refractivity contribution < 1.29 is 9.32 Å². The van der Waals surface area contributed by atoms with E-state index < -0.39 is 5.56 Å². The molecule has 0 bridgehead atoms. The number of fused-ring (bicyclic) bond motifs is 1. The molecular weight excluding hydrogens is 334 g/mol. The Balaban J connectivity index is 1.51. The van der Waals surface area contributed by atoms with Crippen molar-refractivity contribution in [2.45, 2.75) is 52.5 Å². The maximum Gasteiger partial charge on any atom is 0.297 e. The minimum atomic E-state index is -0.401. The average molecular weight is 361 g/mol. The quantitative estimate of drug-likeness (QED) is 0.782. The van der Waals surface area contributed by atoms with Gasteiger partial charge in [-0.2, -0.15) is 5.10 Å². The number of amides is 1. The third kappa shape index (κ3) is 4.30. The van der Waals surface area contributed by atoms with E-state index in [1.165, 1.54) is 25.7 Å². The summed E-state index contributed by atoms with van der Waals surface area (Å²) in [6.07, 6.45) is 6.09. The highest BCUT2D eigenvalue weighted by Crippen LogP contribution is 2.16. The van der Waals surface area contributed by atoms with Crippen LogP contribution in [0.5, 0.6) is 0 Å². The van der Waals surface area contributed by atoms with Gasteiger partial charge in [-0.1, -0.05) is 18.0 Å². The summed E-state index contributed by atoms with van der Waals surface area (Å²) >= 11 is 0. The molecule has 1 aliphatic rings. The molecule has 0 atom stereocenters. The van der Waals surface area contributed by atoms with Crippen LogP contribution in [0.2, 0.25) is 0 Å². The number of rotatable bonds is 6. The predicted molar refractivity (Wildman–Crippen MR) is 98.1 cm³/mol. The number of carbonyl (C=O) groups excluding carboxylic acids is 1. The minimum absolute atomic E-state index is 0.106. The van der Waals surface area contributed by atoms with E-state index in [2.05, 4.69) is 20.5 Å². The Morgan fingerprint density at radius 3 is 2.65 bits per heavy atom. The number of likely N-dealkylation sites (tertiary alicyclic amines) is 1. The fourth-order valence-corrected chi connectivity index (χ4v) is 3.53. The second kappa shape index (κ2) is 8.44. The molecule has 0 unspecified atom stereocenters. The first-order chi connectivity index (χ1) is 12.6. The highest BCUT2D eigenvalue weighted by Gasteiger charge is 2.16. The summed E-state index contributed by atoms with van der Waals surface area (Å²) in [4.78, 5) is 27.0. The van der Waals surface area contributed by atoms with Crippen LogP contribution in [0.4, 0.5) is 0 Å².